The Morgan fingerprint density at radius 3 is 1.25 bits per heavy atom. The summed E-state index contributed by atoms with van der Waals surface area (Å²) in [7, 11) is 0. The third-order valence-corrected chi connectivity index (χ3v) is 12.6. The van der Waals surface area contributed by atoms with E-state index in [0.717, 1.165) is 48.5 Å². The van der Waals surface area contributed by atoms with E-state index < -0.39 is 0 Å². The highest BCUT2D eigenvalue weighted by atomic mass is 16.7. The SMILES string of the molecule is CCOC(COc1ccc(C2=C(c3ccccc3)CCc3cc(O)ccc32)cc1)OCC.CCOC(COc1ccc(C2=C(c3ccccc3)CCc3cc(OCc4ccccc4)ccc32)cc1)OCC. The number of rotatable bonds is 21. The number of ether oxygens (including phenoxy) is 7. The van der Waals surface area contributed by atoms with Gasteiger partial charge in [0.05, 0.1) is 0 Å². The Kier molecular flexibility index (Phi) is 18.3. The fourth-order valence-corrected chi connectivity index (χ4v) is 9.29. The molecule has 0 amide bonds. The molecule has 2 aliphatic carbocycles. The van der Waals surface area contributed by atoms with Gasteiger partial charge in [-0.05, 0) is 174 Å². The summed E-state index contributed by atoms with van der Waals surface area (Å²) >= 11 is 0. The van der Waals surface area contributed by atoms with Crippen LogP contribution in [0.3, 0.4) is 0 Å². The lowest BCUT2D eigenvalue weighted by Gasteiger charge is -2.25. The third-order valence-electron chi connectivity index (χ3n) is 12.6. The molecule has 0 aromatic heterocycles. The zero-order valence-corrected chi connectivity index (χ0v) is 41.5. The van der Waals surface area contributed by atoms with Crippen molar-refractivity contribution >= 4 is 22.3 Å². The van der Waals surface area contributed by atoms with E-state index in [1.54, 1.807) is 6.07 Å². The standard InChI is InChI=1S/C35H36O4.C28H30O4/c1-3-36-34(37-4-2)25-39-30-18-15-28(16-19-30)35-32(27-13-9-6-10-14-27)21-17-29-23-31(20-22-33(29)35)38-24-26-11-7-5-8-12-26;1-3-30-27(31-4-2)19-32-24-14-10-21(11-15-24)28-25(20-8-6-5-7-9-20)16-12-22-18-23(29)13-17-26(22)28/h5-16,18-20,22-23,34H,3-4,17,21,24-25H2,1-2H3;5-11,13-15,17-18,27,29H,3-4,12,16,19H2,1-2H3. The zero-order valence-electron chi connectivity index (χ0n) is 41.5. The molecule has 366 valence electrons. The quantitative estimate of drug-likeness (QED) is 0.0713. The molecule has 8 heteroatoms. The second-order valence-electron chi connectivity index (χ2n) is 17.2. The Bertz CT molecular complexity index is 2790. The molecule has 0 fully saturated rings. The van der Waals surface area contributed by atoms with E-state index in [4.69, 9.17) is 33.2 Å². The van der Waals surface area contributed by atoms with Crippen molar-refractivity contribution in [2.75, 3.05) is 39.6 Å². The fraction of sp³-hybridized carbons (Fsp3) is 0.270. The second kappa shape index (κ2) is 25.8. The van der Waals surface area contributed by atoms with Gasteiger partial charge in [-0.1, -0.05) is 127 Å². The molecule has 2 aliphatic rings. The Hall–Kier alpha value is -6.94. The van der Waals surface area contributed by atoms with Gasteiger partial charge in [0.25, 0.3) is 0 Å². The van der Waals surface area contributed by atoms with Crippen LogP contribution in [0.25, 0.3) is 22.3 Å². The van der Waals surface area contributed by atoms with Gasteiger partial charge in [0, 0.05) is 26.4 Å². The Morgan fingerprint density at radius 1 is 0.394 bits per heavy atom. The highest BCUT2D eigenvalue weighted by Gasteiger charge is 2.24. The highest BCUT2D eigenvalue weighted by Crippen LogP contribution is 2.44. The number of aryl methyl sites for hydroxylation is 2. The number of allylic oxidation sites excluding steroid dienone is 2. The lowest BCUT2D eigenvalue weighted by atomic mass is 9.79. The molecule has 0 bridgehead atoms. The van der Waals surface area contributed by atoms with E-state index in [9.17, 15) is 5.11 Å². The topological polar surface area (TPSA) is 84.8 Å². The van der Waals surface area contributed by atoms with Gasteiger partial charge in [-0.15, -0.1) is 0 Å². The second-order valence-corrected chi connectivity index (χ2v) is 17.2. The van der Waals surface area contributed by atoms with E-state index >= 15 is 0 Å². The predicted molar refractivity (Wildman–Crippen MR) is 285 cm³/mol. The molecule has 9 rings (SSSR count). The van der Waals surface area contributed by atoms with Crippen molar-refractivity contribution in [3.63, 3.8) is 0 Å². The Morgan fingerprint density at radius 2 is 0.803 bits per heavy atom. The van der Waals surface area contributed by atoms with Crippen molar-refractivity contribution in [1.29, 1.82) is 0 Å². The van der Waals surface area contributed by atoms with Crippen LogP contribution in [0.2, 0.25) is 0 Å². The molecule has 8 nitrogen and oxygen atoms in total. The smallest absolute Gasteiger partial charge is 0.191 e. The average Bonchev–Trinajstić information content (AvgIpc) is 3.42. The normalized spacial score (nSPS) is 13.1. The number of phenolic OH excluding ortho intramolecular Hbond substituents is 1. The number of benzene rings is 7. The molecule has 1 N–H and O–H groups in total. The third kappa shape index (κ3) is 13.5. The van der Waals surface area contributed by atoms with Crippen molar-refractivity contribution < 1.29 is 38.3 Å². The summed E-state index contributed by atoms with van der Waals surface area (Å²) < 4.78 is 40.4. The molecule has 0 radical (unpaired) electrons. The van der Waals surface area contributed by atoms with Crippen LogP contribution in [0.1, 0.15) is 90.6 Å². The van der Waals surface area contributed by atoms with E-state index in [-0.39, 0.29) is 12.6 Å². The van der Waals surface area contributed by atoms with Gasteiger partial charge in [0.1, 0.15) is 42.8 Å². The minimum absolute atomic E-state index is 0.313. The fourth-order valence-electron chi connectivity index (χ4n) is 9.29. The van der Waals surface area contributed by atoms with E-state index in [2.05, 4.69) is 109 Å². The van der Waals surface area contributed by atoms with Gasteiger partial charge < -0.3 is 38.3 Å². The number of hydrogen-bond donors (Lipinski definition) is 1. The number of phenols is 1. The van der Waals surface area contributed by atoms with Gasteiger partial charge in [-0.25, -0.2) is 0 Å². The summed E-state index contributed by atoms with van der Waals surface area (Å²) in [5, 5.41) is 9.99. The average molecular weight is 951 g/mol. The first-order valence-corrected chi connectivity index (χ1v) is 25.1. The first kappa shape index (κ1) is 50.4. The minimum Gasteiger partial charge on any atom is -0.508 e. The van der Waals surface area contributed by atoms with Crippen LogP contribution in [0.15, 0.2) is 176 Å². The van der Waals surface area contributed by atoms with Crippen LogP contribution >= 0.6 is 0 Å². The largest absolute Gasteiger partial charge is 0.508 e. The molecule has 71 heavy (non-hydrogen) atoms. The Balaban J connectivity index is 0.000000194. The maximum atomic E-state index is 9.99. The number of fused-ring (bicyclic) bond motifs is 2. The summed E-state index contributed by atoms with van der Waals surface area (Å²) in [5.74, 6) is 2.79. The van der Waals surface area contributed by atoms with Gasteiger partial charge in [-0.2, -0.15) is 0 Å². The molecule has 7 aromatic carbocycles. The highest BCUT2D eigenvalue weighted by molar-refractivity contribution is 6.02. The molecule has 0 aliphatic heterocycles. The molecule has 7 aromatic rings. The molecule has 0 atom stereocenters. The van der Waals surface area contributed by atoms with Gasteiger partial charge in [0.2, 0.25) is 0 Å². The monoisotopic (exact) mass is 950 g/mol. The molecular formula is C63H66O8. The van der Waals surface area contributed by atoms with E-state index in [0.29, 0.717) is 52.0 Å². The minimum atomic E-state index is -0.366. The van der Waals surface area contributed by atoms with Crippen LogP contribution in [0, 0.1) is 0 Å². The summed E-state index contributed by atoms with van der Waals surface area (Å²) in [4.78, 5) is 0. The van der Waals surface area contributed by atoms with Crippen molar-refractivity contribution in [1.82, 2.24) is 0 Å². The summed E-state index contributed by atoms with van der Waals surface area (Å²) in [6, 6.07) is 60.3. The molecular weight excluding hydrogens is 885 g/mol. The maximum Gasteiger partial charge on any atom is 0.191 e. The molecule has 0 saturated carbocycles. The first-order chi connectivity index (χ1) is 34.9. The maximum absolute atomic E-state index is 9.99. The van der Waals surface area contributed by atoms with Crippen LogP contribution in [-0.4, -0.2) is 57.3 Å². The predicted octanol–water partition coefficient (Wildman–Crippen LogP) is 14.0. The summed E-state index contributed by atoms with van der Waals surface area (Å²) in [6.07, 6.45) is 3.05. The van der Waals surface area contributed by atoms with Crippen molar-refractivity contribution in [3.05, 3.63) is 226 Å². The van der Waals surface area contributed by atoms with Crippen LogP contribution in [0.4, 0.5) is 0 Å². The van der Waals surface area contributed by atoms with E-state index in [1.807, 2.05) is 88.4 Å². The lowest BCUT2D eigenvalue weighted by molar-refractivity contribution is -0.152. The van der Waals surface area contributed by atoms with Gasteiger partial charge in [-0.3, -0.25) is 0 Å². The molecule has 0 heterocycles. The molecule has 0 saturated heterocycles. The number of aromatic hydroxyl groups is 1. The molecule has 0 spiro atoms. The van der Waals surface area contributed by atoms with Crippen LogP contribution in [-0.2, 0) is 38.4 Å². The van der Waals surface area contributed by atoms with Crippen LogP contribution in [0.5, 0.6) is 23.0 Å². The molecule has 0 unspecified atom stereocenters. The van der Waals surface area contributed by atoms with Crippen molar-refractivity contribution in [3.8, 4) is 23.0 Å². The van der Waals surface area contributed by atoms with Crippen molar-refractivity contribution in [2.24, 2.45) is 0 Å². The summed E-state index contributed by atoms with van der Waals surface area (Å²) in [5.41, 5.74) is 16.1. The van der Waals surface area contributed by atoms with Gasteiger partial charge >= 0.3 is 0 Å². The zero-order chi connectivity index (χ0) is 49.2. The Labute approximate surface area is 420 Å². The van der Waals surface area contributed by atoms with Crippen LogP contribution < -0.4 is 14.2 Å². The number of hydrogen-bond acceptors (Lipinski definition) is 8. The lowest BCUT2D eigenvalue weighted by Crippen LogP contribution is -2.25. The van der Waals surface area contributed by atoms with Gasteiger partial charge in [0.15, 0.2) is 12.6 Å². The summed E-state index contributed by atoms with van der Waals surface area (Å²) in [6.45, 7) is 11.4. The van der Waals surface area contributed by atoms with E-state index in [1.165, 1.54) is 66.8 Å². The van der Waals surface area contributed by atoms with Crippen molar-refractivity contribution in [2.45, 2.75) is 72.6 Å². The first-order valence-electron chi connectivity index (χ1n) is 25.1.